The van der Waals surface area contributed by atoms with Gasteiger partial charge in [0.1, 0.15) is 0 Å². The van der Waals surface area contributed by atoms with Gasteiger partial charge in [0.25, 0.3) is 0 Å². The van der Waals surface area contributed by atoms with Crippen LogP contribution in [0.25, 0.3) is 0 Å². The molecule has 0 radical (unpaired) electrons. The Hall–Kier alpha value is 2.47. The van der Waals surface area contributed by atoms with E-state index in [0.717, 1.165) is 0 Å². The van der Waals surface area contributed by atoms with E-state index in [2.05, 4.69) is 0 Å². The van der Waals surface area contributed by atoms with Crippen LogP contribution in [-0.2, 0) is 43.8 Å². The van der Waals surface area contributed by atoms with Crippen LogP contribution in [0.1, 0.15) is 0 Å². The Kier molecular flexibility index (Phi) is 27.5. The Bertz CT molecular complexity index is 59.2. The van der Waals surface area contributed by atoms with E-state index in [1.165, 1.54) is 0 Å². The average molecular weight is 322 g/mol. The van der Waals surface area contributed by atoms with Crippen molar-refractivity contribution in [2.75, 3.05) is 0 Å². The molecule has 30 valence electrons. The second-order valence-electron chi connectivity index (χ2n) is 0.224. The van der Waals surface area contributed by atoms with Gasteiger partial charge >= 0.3 is 78.2 Å². The first-order chi connectivity index (χ1) is 1.73. The molecule has 0 aliphatic carbocycles. The Labute approximate surface area is 96.9 Å². The van der Waals surface area contributed by atoms with Crippen molar-refractivity contribution in [3.63, 3.8) is 0 Å². The summed E-state index contributed by atoms with van der Waals surface area (Å²) >= 11 is -3.94. The molecule has 6 heavy (non-hydrogen) atoms. The molecular formula is KO3VW. The molecule has 0 heterocycles. The van der Waals surface area contributed by atoms with Gasteiger partial charge in [0, 0.05) is 21.1 Å². The van der Waals surface area contributed by atoms with Crippen molar-refractivity contribution in [1.29, 1.82) is 0 Å². The van der Waals surface area contributed by atoms with Crippen LogP contribution in [-0.4, -0.2) is 0 Å². The second-order valence-corrected chi connectivity index (χ2v) is 0.922. The van der Waals surface area contributed by atoms with Crippen LogP contribution >= 0.6 is 0 Å². The average Bonchev–Trinajstić information content (AvgIpc) is 0.811. The topological polar surface area (TPSA) is 57.2 Å². The van der Waals surface area contributed by atoms with Gasteiger partial charge in [-0.05, 0) is 0 Å². The molecule has 0 aromatic rings. The van der Waals surface area contributed by atoms with Crippen molar-refractivity contribution < 1.29 is 99.2 Å². The summed E-state index contributed by atoms with van der Waals surface area (Å²) in [5.41, 5.74) is 0. The van der Waals surface area contributed by atoms with Gasteiger partial charge in [0.15, 0.2) is 0 Å². The monoisotopic (exact) mass is 322 g/mol. The molecule has 0 aromatic carbocycles. The van der Waals surface area contributed by atoms with Crippen LogP contribution in [0, 0.1) is 0 Å². The van der Waals surface area contributed by atoms with E-state index in [0.29, 0.717) is 0 Å². The summed E-state index contributed by atoms with van der Waals surface area (Å²) < 4.78 is 25.7. The maximum atomic E-state index is 8.56. The minimum absolute atomic E-state index is 0. The fourth-order valence-electron chi connectivity index (χ4n) is 0. The molecule has 0 N–H and O–H groups in total. The number of hydrogen-bond acceptors (Lipinski definition) is 3. The first-order valence-electron chi connectivity index (χ1n) is 0.548. The SMILES string of the molecule is [K+].[O]=[V](=[O])[O-].[W]. The Morgan fingerprint density at radius 3 is 1.33 bits per heavy atom. The first-order valence-corrected chi connectivity index (χ1v) is 2.26. The Balaban J connectivity index is -0.0000000450. The molecule has 0 rings (SSSR count). The van der Waals surface area contributed by atoms with Crippen LogP contribution in [0.3, 0.4) is 0 Å². The zero-order chi connectivity index (χ0) is 3.58. The molecular weight excluding hydrogens is 322 g/mol. The third-order valence-corrected chi connectivity index (χ3v) is 0. The summed E-state index contributed by atoms with van der Waals surface area (Å²) in [7, 11) is 0. The Morgan fingerprint density at radius 2 is 1.33 bits per heavy atom. The van der Waals surface area contributed by atoms with Gasteiger partial charge in [0.2, 0.25) is 0 Å². The predicted octanol–water partition coefficient (Wildman–Crippen LogP) is -4.43. The van der Waals surface area contributed by atoms with E-state index >= 15 is 0 Å². The maximum Gasteiger partial charge on any atom is 0 e. The minimum atomic E-state index is -3.94. The summed E-state index contributed by atoms with van der Waals surface area (Å²) in [5.74, 6) is 0. The molecule has 0 amide bonds. The van der Waals surface area contributed by atoms with Crippen molar-refractivity contribution in [2.45, 2.75) is 0 Å². The second kappa shape index (κ2) is 10.5. The molecule has 0 aromatic heterocycles. The van der Waals surface area contributed by atoms with Crippen molar-refractivity contribution in [2.24, 2.45) is 0 Å². The molecule has 0 fully saturated rings. The zero-order valence-corrected chi connectivity index (χ0v) is 10.5. The molecule has 0 atom stereocenters. The van der Waals surface area contributed by atoms with Crippen molar-refractivity contribution in [3.8, 4) is 0 Å². The van der Waals surface area contributed by atoms with Crippen LogP contribution in [0.4, 0.5) is 0 Å². The molecule has 0 bridgehead atoms. The van der Waals surface area contributed by atoms with Gasteiger partial charge < -0.3 is 0 Å². The van der Waals surface area contributed by atoms with Crippen molar-refractivity contribution >= 4 is 0 Å². The zero-order valence-electron chi connectivity index (χ0n) is 3.08. The summed E-state index contributed by atoms with van der Waals surface area (Å²) in [6.45, 7) is 0. The van der Waals surface area contributed by atoms with Gasteiger partial charge in [-0.15, -0.1) is 0 Å². The number of rotatable bonds is 0. The molecule has 0 saturated carbocycles. The quantitative estimate of drug-likeness (QED) is 0.423. The van der Waals surface area contributed by atoms with Gasteiger partial charge in [-0.25, -0.2) is 0 Å². The first kappa shape index (κ1) is 15.8. The normalized spacial score (nSPS) is 4.17. The van der Waals surface area contributed by atoms with Crippen molar-refractivity contribution in [1.82, 2.24) is 0 Å². The van der Waals surface area contributed by atoms with Gasteiger partial charge in [-0.3, -0.25) is 0 Å². The minimum Gasteiger partial charge on any atom is 0 e. The molecule has 6 heteroatoms. The standard InChI is InChI=1S/K.3O.V.W/q+1;;;-1;;. The van der Waals surface area contributed by atoms with E-state index in [1.807, 2.05) is 0 Å². The van der Waals surface area contributed by atoms with Gasteiger partial charge in [0.05, 0.1) is 0 Å². The van der Waals surface area contributed by atoms with E-state index in [-0.39, 0.29) is 72.4 Å². The maximum absolute atomic E-state index is 8.56. The van der Waals surface area contributed by atoms with Crippen LogP contribution < -0.4 is 55.4 Å². The largest absolute Gasteiger partial charge is 0 e. The summed E-state index contributed by atoms with van der Waals surface area (Å²) in [6.07, 6.45) is 0. The fraction of sp³-hybridized carbons (Fsp3) is 0. The van der Waals surface area contributed by atoms with E-state index < -0.39 is 15.4 Å². The van der Waals surface area contributed by atoms with E-state index in [4.69, 9.17) is 11.4 Å². The smallest absolute Gasteiger partial charge is 0 e. The third kappa shape index (κ3) is 31.7. The fourth-order valence-corrected chi connectivity index (χ4v) is 0. The molecule has 0 aliphatic rings. The van der Waals surface area contributed by atoms with E-state index in [1.54, 1.807) is 0 Å². The van der Waals surface area contributed by atoms with Crippen LogP contribution in [0.5, 0.6) is 0 Å². The van der Waals surface area contributed by atoms with Gasteiger partial charge in [-0.2, -0.15) is 0 Å². The molecule has 0 aliphatic heterocycles. The molecule has 0 unspecified atom stereocenters. The van der Waals surface area contributed by atoms with E-state index in [9.17, 15) is 0 Å². The molecule has 3 nitrogen and oxygen atoms in total. The molecule has 0 spiro atoms. The van der Waals surface area contributed by atoms with Crippen LogP contribution in [0.15, 0.2) is 0 Å². The Morgan fingerprint density at radius 1 is 1.33 bits per heavy atom. The summed E-state index contributed by atoms with van der Waals surface area (Å²) in [4.78, 5) is 0. The predicted molar refractivity (Wildman–Crippen MR) is 1.37 cm³/mol. The summed E-state index contributed by atoms with van der Waals surface area (Å²) in [6, 6.07) is 0. The number of hydrogen-bond donors (Lipinski definition) is 0. The summed E-state index contributed by atoms with van der Waals surface area (Å²) in [5, 5.41) is 0. The third-order valence-electron chi connectivity index (χ3n) is 0. The van der Waals surface area contributed by atoms with Crippen LogP contribution in [0.2, 0.25) is 0 Å². The van der Waals surface area contributed by atoms with Crippen molar-refractivity contribution in [3.05, 3.63) is 0 Å². The van der Waals surface area contributed by atoms with Gasteiger partial charge in [-0.1, -0.05) is 0 Å². The molecule has 0 saturated heterocycles.